The lowest BCUT2D eigenvalue weighted by Crippen LogP contribution is -2.36. The Kier molecular flexibility index (Phi) is 8.14. The van der Waals surface area contributed by atoms with Gasteiger partial charge in [-0.3, -0.25) is 0 Å². The van der Waals surface area contributed by atoms with Gasteiger partial charge in [0.15, 0.2) is 0 Å². The van der Waals surface area contributed by atoms with Gasteiger partial charge in [0.1, 0.15) is 0 Å². The molecule has 0 aliphatic heterocycles. The van der Waals surface area contributed by atoms with Crippen molar-refractivity contribution < 1.29 is 9.84 Å². The van der Waals surface area contributed by atoms with Gasteiger partial charge in [0.2, 0.25) is 0 Å². The number of hydrogen-bond acceptors (Lipinski definition) is 3. The molecule has 1 atom stereocenters. The summed E-state index contributed by atoms with van der Waals surface area (Å²) in [6, 6.07) is 0.0350. The molecule has 0 amide bonds. The van der Waals surface area contributed by atoms with Gasteiger partial charge in [-0.15, -0.1) is 12.3 Å². The summed E-state index contributed by atoms with van der Waals surface area (Å²) in [6.45, 7) is 1.47. The Morgan fingerprint density at radius 2 is 2.42 bits per heavy atom. The Bertz CT molecular complexity index is 131. The van der Waals surface area contributed by atoms with E-state index in [2.05, 4.69) is 11.2 Å². The average Bonchev–Trinajstić information content (AvgIpc) is 2.10. The molecule has 0 radical (unpaired) electrons. The summed E-state index contributed by atoms with van der Waals surface area (Å²) >= 11 is 0. The summed E-state index contributed by atoms with van der Waals surface area (Å²) in [7, 11) is 1.62. The lowest BCUT2D eigenvalue weighted by molar-refractivity contribution is 0.129. The third kappa shape index (κ3) is 6.17. The molecule has 1 unspecified atom stereocenters. The maximum absolute atomic E-state index is 8.83. The van der Waals surface area contributed by atoms with Gasteiger partial charge in [-0.25, -0.2) is 0 Å². The molecule has 0 bridgehead atoms. The van der Waals surface area contributed by atoms with Gasteiger partial charge in [-0.05, 0) is 13.0 Å². The Morgan fingerprint density at radius 1 is 1.67 bits per heavy atom. The zero-order valence-electron chi connectivity index (χ0n) is 7.55. The number of nitrogens with one attached hydrogen (secondary N) is 1. The molecule has 0 aliphatic carbocycles. The van der Waals surface area contributed by atoms with Crippen molar-refractivity contribution in [3.8, 4) is 12.3 Å². The van der Waals surface area contributed by atoms with E-state index >= 15 is 0 Å². The first kappa shape index (κ1) is 11.4. The molecular formula is C9H17NO2. The lowest BCUT2D eigenvalue weighted by Gasteiger charge is -2.14. The van der Waals surface area contributed by atoms with Crippen LogP contribution < -0.4 is 5.32 Å². The maximum Gasteiger partial charge on any atom is 0.0638 e. The molecule has 0 saturated heterocycles. The summed E-state index contributed by atoms with van der Waals surface area (Å²) in [5.74, 6) is 2.56. The van der Waals surface area contributed by atoms with Gasteiger partial charge < -0.3 is 15.2 Å². The molecule has 0 aromatic heterocycles. The topological polar surface area (TPSA) is 41.5 Å². The Labute approximate surface area is 74.1 Å². The van der Waals surface area contributed by atoms with Crippen molar-refractivity contribution in [2.45, 2.75) is 18.9 Å². The SMILES string of the molecule is C#CCCCNC(CO)COC. The van der Waals surface area contributed by atoms with Crippen LogP contribution in [0.5, 0.6) is 0 Å². The first-order chi connectivity index (χ1) is 5.85. The van der Waals surface area contributed by atoms with E-state index in [4.69, 9.17) is 16.3 Å². The van der Waals surface area contributed by atoms with E-state index in [0.717, 1.165) is 19.4 Å². The van der Waals surface area contributed by atoms with Crippen LogP contribution in [0.4, 0.5) is 0 Å². The average molecular weight is 171 g/mol. The number of terminal acetylenes is 1. The van der Waals surface area contributed by atoms with Crippen LogP contribution in [-0.4, -0.2) is 38.0 Å². The molecule has 2 N–H and O–H groups in total. The highest BCUT2D eigenvalue weighted by Crippen LogP contribution is 1.87. The predicted octanol–water partition coefficient (Wildman–Crippen LogP) is -0.00330. The van der Waals surface area contributed by atoms with Gasteiger partial charge >= 0.3 is 0 Å². The van der Waals surface area contributed by atoms with Crippen LogP contribution >= 0.6 is 0 Å². The van der Waals surface area contributed by atoms with Crippen LogP contribution in [0.1, 0.15) is 12.8 Å². The van der Waals surface area contributed by atoms with Crippen molar-refractivity contribution in [3.63, 3.8) is 0 Å². The fraction of sp³-hybridized carbons (Fsp3) is 0.778. The van der Waals surface area contributed by atoms with E-state index in [1.54, 1.807) is 7.11 Å². The van der Waals surface area contributed by atoms with Crippen molar-refractivity contribution in [3.05, 3.63) is 0 Å². The molecule has 0 saturated carbocycles. The van der Waals surface area contributed by atoms with E-state index < -0.39 is 0 Å². The monoisotopic (exact) mass is 171 g/mol. The molecule has 0 spiro atoms. The van der Waals surface area contributed by atoms with E-state index in [1.165, 1.54) is 0 Å². The molecule has 0 aliphatic rings. The second kappa shape index (κ2) is 8.54. The lowest BCUT2D eigenvalue weighted by atomic mass is 10.3. The first-order valence-electron chi connectivity index (χ1n) is 4.11. The molecule has 0 rings (SSSR count). The quantitative estimate of drug-likeness (QED) is 0.418. The summed E-state index contributed by atoms with van der Waals surface area (Å²) < 4.78 is 4.89. The number of aliphatic hydroxyl groups excluding tert-OH is 1. The number of unbranched alkanes of at least 4 members (excludes halogenated alkanes) is 1. The third-order valence-corrected chi connectivity index (χ3v) is 1.52. The van der Waals surface area contributed by atoms with Crippen LogP contribution in [0.25, 0.3) is 0 Å². The summed E-state index contributed by atoms with van der Waals surface area (Å²) in [4.78, 5) is 0. The van der Waals surface area contributed by atoms with Crippen LogP contribution in [0.15, 0.2) is 0 Å². The van der Waals surface area contributed by atoms with Crippen LogP contribution in [0, 0.1) is 12.3 Å². The fourth-order valence-corrected chi connectivity index (χ4v) is 0.874. The number of hydrogen-bond donors (Lipinski definition) is 2. The van der Waals surface area contributed by atoms with Crippen molar-refractivity contribution >= 4 is 0 Å². The maximum atomic E-state index is 8.83. The fourth-order valence-electron chi connectivity index (χ4n) is 0.874. The van der Waals surface area contributed by atoms with Crippen molar-refractivity contribution in [2.75, 3.05) is 26.9 Å². The van der Waals surface area contributed by atoms with Crippen molar-refractivity contribution in [1.82, 2.24) is 5.32 Å². The number of methoxy groups -OCH3 is 1. The Hall–Kier alpha value is -0.560. The Balaban J connectivity index is 3.26. The largest absolute Gasteiger partial charge is 0.395 e. The van der Waals surface area contributed by atoms with E-state index in [0.29, 0.717) is 6.61 Å². The molecule has 3 heteroatoms. The minimum absolute atomic E-state index is 0.0350. The number of aliphatic hydroxyl groups is 1. The van der Waals surface area contributed by atoms with Crippen LogP contribution in [0.3, 0.4) is 0 Å². The second-order valence-electron chi connectivity index (χ2n) is 2.60. The van der Waals surface area contributed by atoms with E-state index in [-0.39, 0.29) is 12.6 Å². The number of rotatable bonds is 7. The molecule has 3 nitrogen and oxygen atoms in total. The molecule has 0 aromatic carbocycles. The molecular weight excluding hydrogens is 154 g/mol. The highest BCUT2D eigenvalue weighted by Gasteiger charge is 2.03. The molecule has 0 aromatic rings. The smallest absolute Gasteiger partial charge is 0.0638 e. The van der Waals surface area contributed by atoms with E-state index in [9.17, 15) is 0 Å². The summed E-state index contributed by atoms with van der Waals surface area (Å²) in [5.41, 5.74) is 0. The third-order valence-electron chi connectivity index (χ3n) is 1.52. The van der Waals surface area contributed by atoms with Gasteiger partial charge in [0.05, 0.1) is 19.3 Å². The molecule has 12 heavy (non-hydrogen) atoms. The zero-order chi connectivity index (χ0) is 9.23. The van der Waals surface area contributed by atoms with Crippen molar-refractivity contribution in [2.24, 2.45) is 0 Å². The van der Waals surface area contributed by atoms with Gasteiger partial charge in [-0.1, -0.05) is 0 Å². The summed E-state index contributed by atoms with van der Waals surface area (Å²) in [6.07, 6.45) is 6.80. The van der Waals surface area contributed by atoms with Gasteiger partial charge in [0.25, 0.3) is 0 Å². The highest BCUT2D eigenvalue weighted by atomic mass is 16.5. The molecule has 0 heterocycles. The highest BCUT2D eigenvalue weighted by molar-refractivity contribution is 4.83. The first-order valence-corrected chi connectivity index (χ1v) is 4.11. The van der Waals surface area contributed by atoms with Crippen LogP contribution in [0.2, 0.25) is 0 Å². The van der Waals surface area contributed by atoms with Crippen LogP contribution in [-0.2, 0) is 4.74 Å². The number of ether oxygens (including phenoxy) is 1. The predicted molar refractivity (Wildman–Crippen MR) is 48.8 cm³/mol. The normalized spacial score (nSPS) is 12.4. The molecule has 70 valence electrons. The second-order valence-corrected chi connectivity index (χ2v) is 2.60. The molecule has 0 fully saturated rings. The standard InChI is InChI=1S/C9H17NO2/c1-3-4-5-6-10-9(7-11)8-12-2/h1,9-11H,4-8H2,2H3. The minimum Gasteiger partial charge on any atom is -0.395 e. The van der Waals surface area contributed by atoms with Gasteiger partial charge in [0, 0.05) is 13.5 Å². The zero-order valence-corrected chi connectivity index (χ0v) is 7.55. The van der Waals surface area contributed by atoms with Crippen molar-refractivity contribution in [1.29, 1.82) is 0 Å². The van der Waals surface area contributed by atoms with E-state index in [1.807, 2.05) is 0 Å². The summed E-state index contributed by atoms with van der Waals surface area (Å²) in [5, 5.41) is 12.0. The van der Waals surface area contributed by atoms with Gasteiger partial charge in [-0.2, -0.15) is 0 Å². The minimum atomic E-state index is 0.0350. The Morgan fingerprint density at radius 3 is 2.92 bits per heavy atom.